The number of nitrogen functional groups attached to an aromatic ring is 1. The lowest BCUT2D eigenvalue weighted by Gasteiger charge is -1.86. The normalized spacial score (nSPS) is 9.29. The van der Waals surface area contributed by atoms with Gasteiger partial charge in [0.05, 0.1) is 0 Å². The molecule has 0 radical (unpaired) electrons. The van der Waals surface area contributed by atoms with Gasteiger partial charge >= 0.3 is 0 Å². The number of nitrogens with two attached hydrogens (primary N) is 1. The molecule has 0 atom stereocenters. The first-order valence-electron chi connectivity index (χ1n) is 1.88. The Balaban J connectivity index is 3.12. The minimum Gasteiger partial charge on any atom is -0.337 e. The summed E-state index contributed by atoms with van der Waals surface area (Å²) in [6.07, 6.45) is 1.44. The van der Waals surface area contributed by atoms with Crippen molar-refractivity contribution in [2.75, 3.05) is 5.84 Å². The Morgan fingerprint density at radius 3 is 2.57 bits per heavy atom. The van der Waals surface area contributed by atoms with Gasteiger partial charge in [-0.15, -0.1) is 0 Å². The van der Waals surface area contributed by atoms with Crippen LogP contribution in [0.25, 0.3) is 0 Å². The molecular weight excluding hydrogens is 95.1 g/mol. The average Bonchev–Trinajstić information content (AvgIpc) is 1.91. The van der Waals surface area contributed by atoms with Gasteiger partial charge < -0.3 is 5.84 Å². The molecule has 0 saturated carbocycles. The largest absolute Gasteiger partial charge is 0.337 e. The summed E-state index contributed by atoms with van der Waals surface area (Å²) in [6, 6.07) is 2.83. The molecule has 0 aliphatic carbocycles. The van der Waals surface area contributed by atoms with E-state index >= 15 is 0 Å². The van der Waals surface area contributed by atoms with Crippen LogP contribution in [-0.4, -0.2) is 4.68 Å². The SMILES string of the molecule is Nn1cccc1F. The van der Waals surface area contributed by atoms with E-state index in [1.54, 1.807) is 0 Å². The molecule has 1 heterocycles. The monoisotopic (exact) mass is 100 g/mol. The highest BCUT2D eigenvalue weighted by Gasteiger charge is 1.88. The molecule has 1 aromatic rings. The average molecular weight is 100 g/mol. The van der Waals surface area contributed by atoms with Crippen molar-refractivity contribution >= 4 is 0 Å². The fraction of sp³-hybridized carbons (Fsp3) is 0. The molecule has 0 aliphatic heterocycles. The van der Waals surface area contributed by atoms with E-state index in [-0.39, 0.29) is 0 Å². The second-order valence-electron chi connectivity index (χ2n) is 1.24. The van der Waals surface area contributed by atoms with Crippen molar-refractivity contribution in [3.8, 4) is 0 Å². The number of hydrogen-bond acceptors (Lipinski definition) is 1. The third-order valence-corrected chi connectivity index (χ3v) is 0.727. The third kappa shape index (κ3) is 0.559. The first kappa shape index (κ1) is 4.18. The Bertz CT molecular complexity index is 142. The molecular formula is C4H5FN2. The van der Waals surface area contributed by atoms with E-state index in [1.165, 1.54) is 18.3 Å². The number of rotatable bonds is 0. The van der Waals surface area contributed by atoms with Crippen LogP contribution in [0.15, 0.2) is 18.3 Å². The van der Waals surface area contributed by atoms with E-state index in [9.17, 15) is 4.39 Å². The highest BCUT2D eigenvalue weighted by molar-refractivity contribution is 4.92. The number of hydrogen-bond donors (Lipinski definition) is 1. The molecule has 1 aromatic heterocycles. The summed E-state index contributed by atoms with van der Waals surface area (Å²) < 4.78 is 12.8. The van der Waals surface area contributed by atoms with Gasteiger partial charge in [0.25, 0.3) is 0 Å². The molecule has 38 valence electrons. The van der Waals surface area contributed by atoms with Crippen molar-refractivity contribution in [3.05, 3.63) is 24.3 Å². The van der Waals surface area contributed by atoms with Gasteiger partial charge in [-0.1, -0.05) is 0 Å². The van der Waals surface area contributed by atoms with Gasteiger partial charge in [0.2, 0.25) is 5.95 Å². The van der Waals surface area contributed by atoms with Crippen LogP contribution < -0.4 is 5.84 Å². The Morgan fingerprint density at radius 2 is 2.43 bits per heavy atom. The van der Waals surface area contributed by atoms with Gasteiger partial charge in [0.1, 0.15) is 0 Å². The fourth-order valence-corrected chi connectivity index (χ4v) is 0.372. The molecule has 0 fully saturated rings. The van der Waals surface area contributed by atoms with Gasteiger partial charge in [0, 0.05) is 6.20 Å². The van der Waals surface area contributed by atoms with Gasteiger partial charge in [-0.25, -0.2) is 4.68 Å². The number of halogens is 1. The molecule has 1 rings (SSSR count). The lowest BCUT2D eigenvalue weighted by molar-refractivity contribution is 0.549. The maximum absolute atomic E-state index is 11.9. The summed E-state index contributed by atoms with van der Waals surface area (Å²) in [6.45, 7) is 0. The predicted octanol–water partition coefficient (Wildman–Crippen LogP) is 0.341. The smallest absolute Gasteiger partial charge is 0.211 e. The topological polar surface area (TPSA) is 30.9 Å². The molecule has 7 heavy (non-hydrogen) atoms. The first-order valence-corrected chi connectivity index (χ1v) is 1.88. The molecule has 3 heteroatoms. The van der Waals surface area contributed by atoms with Crippen molar-refractivity contribution in [2.24, 2.45) is 0 Å². The molecule has 0 unspecified atom stereocenters. The van der Waals surface area contributed by atoms with Crippen molar-refractivity contribution in [1.82, 2.24) is 4.68 Å². The summed E-state index contributed by atoms with van der Waals surface area (Å²) >= 11 is 0. The zero-order chi connectivity index (χ0) is 5.28. The summed E-state index contributed by atoms with van der Waals surface area (Å²) in [5.41, 5.74) is 0. The highest BCUT2D eigenvalue weighted by Crippen LogP contribution is 1.90. The molecule has 2 N–H and O–H groups in total. The van der Waals surface area contributed by atoms with Crippen molar-refractivity contribution < 1.29 is 4.39 Å². The van der Waals surface area contributed by atoms with Crippen LogP contribution in [0.1, 0.15) is 0 Å². The van der Waals surface area contributed by atoms with Crippen LogP contribution in [0.3, 0.4) is 0 Å². The third-order valence-electron chi connectivity index (χ3n) is 0.727. The van der Waals surface area contributed by atoms with Crippen LogP contribution >= 0.6 is 0 Å². The lowest BCUT2D eigenvalue weighted by Crippen LogP contribution is -2.07. The van der Waals surface area contributed by atoms with E-state index in [4.69, 9.17) is 5.84 Å². The van der Waals surface area contributed by atoms with Crippen molar-refractivity contribution in [1.29, 1.82) is 0 Å². The maximum atomic E-state index is 11.9. The zero-order valence-electron chi connectivity index (χ0n) is 3.63. The summed E-state index contributed by atoms with van der Waals surface area (Å²) in [4.78, 5) is 0. The summed E-state index contributed by atoms with van der Waals surface area (Å²) in [5, 5.41) is 0. The van der Waals surface area contributed by atoms with Gasteiger partial charge in [-0.05, 0) is 12.1 Å². The first-order chi connectivity index (χ1) is 3.30. The van der Waals surface area contributed by atoms with Gasteiger partial charge in [0.15, 0.2) is 0 Å². The molecule has 0 aliphatic rings. The lowest BCUT2D eigenvalue weighted by atomic mass is 10.7. The number of nitrogens with zero attached hydrogens (tertiary/aromatic N) is 1. The van der Waals surface area contributed by atoms with E-state index < -0.39 is 5.95 Å². The van der Waals surface area contributed by atoms with Crippen molar-refractivity contribution in [3.63, 3.8) is 0 Å². The summed E-state index contributed by atoms with van der Waals surface area (Å²) in [5.74, 6) is 4.56. The molecule has 0 aromatic carbocycles. The van der Waals surface area contributed by atoms with E-state index in [2.05, 4.69) is 0 Å². The molecule has 0 bridgehead atoms. The van der Waals surface area contributed by atoms with Crippen LogP contribution in [0, 0.1) is 5.95 Å². The van der Waals surface area contributed by atoms with Crippen LogP contribution in [0.5, 0.6) is 0 Å². The maximum Gasteiger partial charge on any atom is 0.211 e. The molecule has 2 nitrogen and oxygen atoms in total. The second kappa shape index (κ2) is 1.26. The van der Waals surface area contributed by atoms with Gasteiger partial charge in [-0.3, -0.25) is 0 Å². The number of aromatic nitrogens is 1. The molecule has 0 saturated heterocycles. The van der Waals surface area contributed by atoms with E-state index in [1.807, 2.05) is 0 Å². The predicted molar refractivity (Wildman–Crippen MR) is 24.5 cm³/mol. The second-order valence-corrected chi connectivity index (χ2v) is 1.24. The van der Waals surface area contributed by atoms with Crippen LogP contribution in [0.4, 0.5) is 4.39 Å². The molecule has 0 amide bonds. The minimum absolute atomic E-state index is 0.417. The van der Waals surface area contributed by atoms with E-state index in [0.29, 0.717) is 0 Å². The highest BCUT2D eigenvalue weighted by atomic mass is 19.1. The Labute approximate surface area is 40.3 Å². The Kier molecular flexibility index (Phi) is 0.749. The Morgan fingerprint density at radius 1 is 1.71 bits per heavy atom. The van der Waals surface area contributed by atoms with Crippen molar-refractivity contribution in [2.45, 2.75) is 0 Å². The molecule has 0 spiro atoms. The standard InChI is InChI=1S/C4H5FN2/c5-4-2-1-3-7(4)6/h1-3H,6H2. The van der Waals surface area contributed by atoms with E-state index in [0.717, 1.165) is 4.68 Å². The zero-order valence-corrected chi connectivity index (χ0v) is 3.63. The van der Waals surface area contributed by atoms with Crippen LogP contribution in [0.2, 0.25) is 0 Å². The minimum atomic E-state index is -0.417. The summed E-state index contributed by atoms with van der Waals surface area (Å²) in [7, 11) is 0. The van der Waals surface area contributed by atoms with Gasteiger partial charge in [-0.2, -0.15) is 4.39 Å². The fourth-order valence-electron chi connectivity index (χ4n) is 0.372. The quantitative estimate of drug-likeness (QED) is 0.468. The van der Waals surface area contributed by atoms with Crippen LogP contribution in [-0.2, 0) is 0 Å². The Hall–Kier alpha value is -0.990.